The van der Waals surface area contributed by atoms with Crippen LogP contribution in [0.1, 0.15) is 18.7 Å². The largest absolute Gasteiger partial charge is 0.370 e. The second-order valence-corrected chi connectivity index (χ2v) is 3.40. The number of nitrogens with two attached hydrogens (primary N) is 1. The van der Waals surface area contributed by atoms with E-state index in [4.69, 9.17) is 10.5 Å². The van der Waals surface area contributed by atoms with Gasteiger partial charge in [0.05, 0.1) is 6.10 Å². The molecule has 0 unspecified atom stereocenters. The van der Waals surface area contributed by atoms with E-state index < -0.39 is 0 Å². The highest BCUT2D eigenvalue weighted by Crippen LogP contribution is 2.09. The Morgan fingerprint density at radius 1 is 1.43 bits per heavy atom. The van der Waals surface area contributed by atoms with Gasteiger partial charge in [-0.3, -0.25) is 5.10 Å². The molecule has 6 nitrogen and oxygen atoms in total. The van der Waals surface area contributed by atoms with Gasteiger partial charge in [0.2, 0.25) is 5.95 Å². The molecule has 0 bridgehead atoms. The molecule has 0 amide bonds. The van der Waals surface area contributed by atoms with Crippen LogP contribution in [0.25, 0.3) is 0 Å². The van der Waals surface area contributed by atoms with Crippen molar-refractivity contribution in [3.63, 3.8) is 0 Å². The third kappa shape index (κ3) is 2.43. The quantitative estimate of drug-likeness (QED) is 0.616. The van der Waals surface area contributed by atoms with Crippen LogP contribution < -0.4 is 11.1 Å². The first-order valence-corrected chi connectivity index (χ1v) is 4.83. The van der Waals surface area contributed by atoms with Crippen LogP contribution in [0.15, 0.2) is 0 Å². The van der Waals surface area contributed by atoms with Crippen molar-refractivity contribution in [3.8, 4) is 0 Å². The molecule has 6 heteroatoms. The van der Waals surface area contributed by atoms with Crippen LogP contribution >= 0.6 is 0 Å². The second-order valence-electron chi connectivity index (χ2n) is 3.40. The SMILES string of the molecule is Nc1n[nH]c(COC2CCNCC2)n1. The molecule has 1 aliphatic rings. The summed E-state index contributed by atoms with van der Waals surface area (Å²) in [6.45, 7) is 2.53. The molecule has 0 saturated carbocycles. The van der Waals surface area contributed by atoms with Crippen LogP contribution in [0.2, 0.25) is 0 Å². The monoisotopic (exact) mass is 197 g/mol. The normalized spacial score (nSPS) is 18.6. The zero-order valence-electron chi connectivity index (χ0n) is 7.99. The van der Waals surface area contributed by atoms with Crippen molar-refractivity contribution in [2.75, 3.05) is 18.8 Å². The molecule has 0 aliphatic carbocycles. The summed E-state index contributed by atoms with van der Waals surface area (Å²) in [4.78, 5) is 3.97. The van der Waals surface area contributed by atoms with Crippen molar-refractivity contribution in [2.45, 2.75) is 25.6 Å². The summed E-state index contributed by atoms with van der Waals surface area (Å²) < 4.78 is 5.65. The lowest BCUT2D eigenvalue weighted by Gasteiger charge is -2.22. The van der Waals surface area contributed by atoms with Gasteiger partial charge in [0, 0.05) is 0 Å². The van der Waals surface area contributed by atoms with Gasteiger partial charge in [0.25, 0.3) is 0 Å². The molecule has 0 aromatic carbocycles. The number of H-pyrrole nitrogens is 1. The molecule has 2 rings (SSSR count). The van der Waals surface area contributed by atoms with Crippen LogP contribution in [-0.4, -0.2) is 34.4 Å². The fraction of sp³-hybridized carbons (Fsp3) is 0.750. The number of aromatic nitrogens is 3. The number of piperidine rings is 1. The number of nitrogens with zero attached hydrogens (tertiary/aromatic N) is 2. The Bertz CT molecular complexity index is 281. The number of hydrogen-bond donors (Lipinski definition) is 3. The number of hydrogen-bond acceptors (Lipinski definition) is 5. The molecular weight excluding hydrogens is 182 g/mol. The van der Waals surface area contributed by atoms with E-state index in [-0.39, 0.29) is 5.95 Å². The van der Waals surface area contributed by atoms with E-state index in [0.29, 0.717) is 18.5 Å². The van der Waals surface area contributed by atoms with Crippen molar-refractivity contribution in [1.29, 1.82) is 0 Å². The highest BCUT2D eigenvalue weighted by atomic mass is 16.5. The van der Waals surface area contributed by atoms with Gasteiger partial charge in [-0.15, -0.1) is 5.10 Å². The van der Waals surface area contributed by atoms with E-state index >= 15 is 0 Å². The molecule has 4 N–H and O–H groups in total. The van der Waals surface area contributed by atoms with E-state index in [1.54, 1.807) is 0 Å². The third-order valence-electron chi connectivity index (χ3n) is 2.29. The van der Waals surface area contributed by atoms with Crippen molar-refractivity contribution in [3.05, 3.63) is 5.82 Å². The number of anilines is 1. The summed E-state index contributed by atoms with van der Waals surface area (Å²) in [5.74, 6) is 0.968. The average molecular weight is 197 g/mol. The zero-order chi connectivity index (χ0) is 9.80. The summed E-state index contributed by atoms with van der Waals surface area (Å²) in [7, 11) is 0. The second kappa shape index (κ2) is 4.39. The average Bonchev–Trinajstić information content (AvgIpc) is 2.63. The predicted molar refractivity (Wildman–Crippen MR) is 51.5 cm³/mol. The Morgan fingerprint density at radius 2 is 2.21 bits per heavy atom. The minimum Gasteiger partial charge on any atom is -0.370 e. The third-order valence-corrected chi connectivity index (χ3v) is 2.29. The van der Waals surface area contributed by atoms with Gasteiger partial charge in [-0.1, -0.05) is 0 Å². The molecule has 0 spiro atoms. The van der Waals surface area contributed by atoms with Crippen molar-refractivity contribution < 1.29 is 4.74 Å². The number of rotatable bonds is 3. The van der Waals surface area contributed by atoms with Crippen molar-refractivity contribution in [2.24, 2.45) is 0 Å². The molecule has 0 radical (unpaired) electrons. The lowest BCUT2D eigenvalue weighted by molar-refractivity contribution is 0.0179. The van der Waals surface area contributed by atoms with E-state index in [1.165, 1.54) is 0 Å². The highest BCUT2D eigenvalue weighted by Gasteiger charge is 2.13. The number of nitrogen functional groups attached to an aromatic ring is 1. The molecule has 0 atom stereocenters. The maximum Gasteiger partial charge on any atom is 0.239 e. The first kappa shape index (κ1) is 9.42. The van der Waals surface area contributed by atoms with Crippen LogP contribution in [0.3, 0.4) is 0 Å². The first-order valence-electron chi connectivity index (χ1n) is 4.83. The lowest BCUT2D eigenvalue weighted by atomic mass is 10.1. The van der Waals surface area contributed by atoms with Crippen molar-refractivity contribution >= 4 is 5.95 Å². The van der Waals surface area contributed by atoms with Crippen LogP contribution in [0.4, 0.5) is 5.95 Å². The van der Waals surface area contributed by atoms with E-state index in [1.807, 2.05) is 0 Å². The Morgan fingerprint density at radius 3 is 2.86 bits per heavy atom. The number of aromatic amines is 1. The minimum absolute atomic E-state index is 0.272. The van der Waals surface area contributed by atoms with Gasteiger partial charge in [0.1, 0.15) is 6.61 Å². The molecule has 2 heterocycles. The summed E-state index contributed by atoms with van der Waals surface area (Å²) in [6, 6.07) is 0. The van der Waals surface area contributed by atoms with Gasteiger partial charge in [0.15, 0.2) is 5.82 Å². The molecule has 1 aromatic rings. The zero-order valence-corrected chi connectivity index (χ0v) is 7.99. The van der Waals surface area contributed by atoms with Crippen LogP contribution in [0.5, 0.6) is 0 Å². The molecule has 14 heavy (non-hydrogen) atoms. The summed E-state index contributed by atoms with van der Waals surface area (Å²) >= 11 is 0. The summed E-state index contributed by atoms with van der Waals surface area (Å²) in [5, 5.41) is 9.73. The smallest absolute Gasteiger partial charge is 0.239 e. The van der Waals surface area contributed by atoms with E-state index in [9.17, 15) is 0 Å². The topological polar surface area (TPSA) is 88.8 Å². The summed E-state index contributed by atoms with van der Waals surface area (Å²) in [5.41, 5.74) is 5.37. The Labute approximate surface area is 82.2 Å². The van der Waals surface area contributed by atoms with Crippen molar-refractivity contribution in [1.82, 2.24) is 20.5 Å². The predicted octanol–water partition coefficient (Wildman–Crippen LogP) is -0.345. The van der Waals surface area contributed by atoms with Gasteiger partial charge < -0.3 is 15.8 Å². The van der Waals surface area contributed by atoms with Gasteiger partial charge in [-0.05, 0) is 25.9 Å². The number of ether oxygens (including phenoxy) is 1. The maximum absolute atomic E-state index is 5.65. The standard InChI is InChI=1S/C8H15N5O/c9-8-11-7(12-13-8)5-14-6-1-3-10-4-2-6/h6,10H,1-5H2,(H3,9,11,12,13). The lowest BCUT2D eigenvalue weighted by Crippen LogP contribution is -2.32. The molecule has 1 fully saturated rings. The molecule has 1 aliphatic heterocycles. The van der Waals surface area contributed by atoms with Gasteiger partial charge in [-0.2, -0.15) is 4.98 Å². The van der Waals surface area contributed by atoms with Crippen LogP contribution in [0, 0.1) is 0 Å². The van der Waals surface area contributed by atoms with E-state index in [2.05, 4.69) is 20.5 Å². The maximum atomic E-state index is 5.65. The van der Waals surface area contributed by atoms with Gasteiger partial charge >= 0.3 is 0 Å². The molecule has 1 aromatic heterocycles. The molecular formula is C8H15N5O. The van der Waals surface area contributed by atoms with Crippen LogP contribution in [-0.2, 0) is 11.3 Å². The molecule has 1 saturated heterocycles. The minimum atomic E-state index is 0.272. The Hall–Kier alpha value is -1.14. The number of nitrogens with one attached hydrogen (secondary N) is 2. The first-order chi connectivity index (χ1) is 6.84. The Kier molecular flexibility index (Phi) is 2.95. The summed E-state index contributed by atoms with van der Waals surface area (Å²) in [6.07, 6.45) is 2.45. The highest BCUT2D eigenvalue weighted by molar-refractivity contribution is 5.11. The molecule has 78 valence electrons. The van der Waals surface area contributed by atoms with Gasteiger partial charge in [-0.25, -0.2) is 0 Å². The fourth-order valence-electron chi connectivity index (χ4n) is 1.53. The van der Waals surface area contributed by atoms with E-state index in [0.717, 1.165) is 25.9 Å². The Balaban J connectivity index is 1.76. The fourth-order valence-corrected chi connectivity index (χ4v) is 1.53.